The van der Waals surface area contributed by atoms with Crippen LogP contribution in [0.5, 0.6) is 0 Å². The minimum Gasteiger partial charge on any atom is -0.340 e. The molecule has 0 bridgehead atoms. The summed E-state index contributed by atoms with van der Waals surface area (Å²) in [4.78, 5) is 16.4. The van der Waals surface area contributed by atoms with E-state index >= 15 is 0 Å². The van der Waals surface area contributed by atoms with Gasteiger partial charge in [0.25, 0.3) is 0 Å². The third kappa shape index (κ3) is 3.07. The van der Waals surface area contributed by atoms with Gasteiger partial charge in [-0.3, -0.25) is 9.69 Å². The van der Waals surface area contributed by atoms with Crippen molar-refractivity contribution in [3.63, 3.8) is 0 Å². The maximum Gasteiger partial charge on any atom is 0.224 e. The van der Waals surface area contributed by atoms with Crippen LogP contribution in [0.3, 0.4) is 0 Å². The quantitative estimate of drug-likeness (QED) is 0.728. The van der Waals surface area contributed by atoms with Gasteiger partial charge in [-0.15, -0.1) is 6.58 Å². The Kier molecular flexibility index (Phi) is 3.84. The summed E-state index contributed by atoms with van der Waals surface area (Å²) in [5, 5.41) is 0. The lowest BCUT2D eigenvalue weighted by Gasteiger charge is -2.40. The van der Waals surface area contributed by atoms with Crippen LogP contribution in [0.4, 0.5) is 0 Å². The molecule has 0 unspecified atom stereocenters. The molecule has 1 aliphatic carbocycles. The Bertz CT molecular complexity index is 291. The van der Waals surface area contributed by atoms with Crippen molar-refractivity contribution in [3.8, 4) is 0 Å². The number of rotatable bonds is 4. The van der Waals surface area contributed by atoms with Gasteiger partial charge >= 0.3 is 0 Å². The number of piperazine rings is 1. The van der Waals surface area contributed by atoms with Crippen molar-refractivity contribution in [2.24, 2.45) is 5.73 Å². The SMILES string of the molecule is C=CCN1CCN(C(=O)CC2(N)CCC2)CC1. The first-order valence-electron chi connectivity index (χ1n) is 6.53. The van der Waals surface area contributed by atoms with E-state index in [1.807, 2.05) is 11.0 Å². The molecule has 0 spiro atoms. The Morgan fingerprint density at radius 1 is 1.29 bits per heavy atom. The number of hydrogen-bond donors (Lipinski definition) is 1. The molecule has 1 saturated carbocycles. The van der Waals surface area contributed by atoms with Gasteiger partial charge in [0, 0.05) is 44.7 Å². The van der Waals surface area contributed by atoms with Crippen LogP contribution in [0.2, 0.25) is 0 Å². The van der Waals surface area contributed by atoms with Gasteiger partial charge in [0.1, 0.15) is 0 Å². The van der Waals surface area contributed by atoms with Gasteiger partial charge in [-0.05, 0) is 19.3 Å². The predicted octanol–water partition coefficient (Wildman–Crippen LogP) is 0.588. The highest BCUT2D eigenvalue weighted by Gasteiger charge is 2.36. The molecule has 0 atom stereocenters. The van der Waals surface area contributed by atoms with E-state index in [0.717, 1.165) is 45.6 Å². The molecule has 0 radical (unpaired) electrons. The molecule has 0 aromatic rings. The van der Waals surface area contributed by atoms with E-state index in [4.69, 9.17) is 5.73 Å². The zero-order valence-electron chi connectivity index (χ0n) is 10.5. The fourth-order valence-electron chi connectivity index (χ4n) is 2.58. The average Bonchev–Trinajstić information content (AvgIpc) is 2.28. The van der Waals surface area contributed by atoms with Gasteiger partial charge in [0.2, 0.25) is 5.91 Å². The second kappa shape index (κ2) is 5.19. The van der Waals surface area contributed by atoms with Crippen molar-refractivity contribution in [2.45, 2.75) is 31.2 Å². The Morgan fingerprint density at radius 2 is 1.94 bits per heavy atom. The third-order valence-corrected chi connectivity index (χ3v) is 3.96. The van der Waals surface area contributed by atoms with Crippen LogP contribution in [-0.2, 0) is 4.79 Å². The van der Waals surface area contributed by atoms with Gasteiger partial charge in [0.15, 0.2) is 0 Å². The molecule has 2 fully saturated rings. The van der Waals surface area contributed by atoms with Crippen molar-refractivity contribution < 1.29 is 4.79 Å². The molecular formula is C13H23N3O. The Balaban J connectivity index is 1.76. The fraction of sp³-hybridized carbons (Fsp3) is 0.769. The Morgan fingerprint density at radius 3 is 2.41 bits per heavy atom. The molecule has 17 heavy (non-hydrogen) atoms. The van der Waals surface area contributed by atoms with Gasteiger partial charge in [0.05, 0.1) is 0 Å². The minimum atomic E-state index is -0.185. The van der Waals surface area contributed by atoms with E-state index in [2.05, 4.69) is 11.5 Å². The molecule has 0 aromatic carbocycles. The molecule has 96 valence electrons. The van der Waals surface area contributed by atoms with Crippen LogP contribution >= 0.6 is 0 Å². The Hall–Kier alpha value is -0.870. The maximum atomic E-state index is 12.1. The van der Waals surface area contributed by atoms with Crippen molar-refractivity contribution in [1.29, 1.82) is 0 Å². The number of nitrogens with two attached hydrogens (primary N) is 1. The zero-order valence-corrected chi connectivity index (χ0v) is 10.5. The molecule has 4 nitrogen and oxygen atoms in total. The largest absolute Gasteiger partial charge is 0.340 e. The van der Waals surface area contributed by atoms with Crippen LogP contribution in [0, 0.1) is 0 Å². The zero-order chi connectivity index (χ0) is 12.3. The molecule has 2 aliphatic rings. The first kappa shape index (κ1) is 12.6. The Labute approximate surface area is 103 Å². The maximum absolute atomic E-state index is 12.1. The van der Waals surface area contributed by atoms with Crippen molar-refractivity contribution in [1.82, 2.24) is 9.80 Å². The fourth-order valence-corrected chi connectivity index (χ4v) is 2.58. The van der Waals surface area contributed by atoms with E-state index in [0.29, 0.717) is 6.42 Å². The second-order valence-corrected chi connectivity index (χ2v) is 5.36. The van der Waals surface area contributed by atoms with Crippen molar-refractivity contribution in [2.75, 3.05) is 32.7 Å². The first-order valence-corrected chi connectivity index (χ1v) is 6.53. The summed E-state index contributed by atoms with van der Waals surface area (Å²) in [6, 6.07) is 0. The summed E-state index contributed by atoms with van der Waals surface area (Å²) in [6.45, 7) is 8.24. The van der Waals surface area contributed by atoms with Crippen LogP contribution in [0.1, 0.15) is 25.7 Å². The highest BCUT2D eigenvalue weighted by Crippen LogP contribution is 2.32. The van der Waals surface area contributed by atoms with E-state index in [-0.39, 0.29) is 11.4 Å². The summed E-state index contributed by atoms with van der Waals surface area (Å²) in [5.41, 5.74) is 5.93. The van der Waals surface area contributed by atoms with Gasteiger partial charge in [-0.25, -0.2) is 0 Å². The van der Waals surface area contributed by atoms with Crippen LogP contribution in [0.25, 0.3) is 0 Å². The molecule has 1 saturated heterocycles. The molecule has 0 aromatic heterocycles. The number of hydrogen-bond acceptors (Lipinski definition) is 3. The highest BCUT2D eigenvalue weighted by molar-refractivity contribution is 5.77. The van der Waals surface area contributed by atoms with E-state index in [1.165, 1.54) is 6.42 Å². The summed E-state index contributed by atoms with van der Waals surface area (Å²) >= 11 is 0. The van der Waals surface area contributed by atoms with Crippen LogP contribution in [0.15, 0.2) is 12.7 Å². The lowest BCUT2D eigenvalue weighted by Crippen LogP contribution is -2.54. The van der Waals surface area contributed by atoms with Gasteiger partial charge < -0.3 is 10.6 Å². The van der Waals surface area contributed by atoms with Gasteiger partial charge in [-0.1, -0.05) is 6.08 Å². The molecule has 2 rings (SSSR count). The lowest BCUT2D eigenvalue weighted by atomic mass is 9.75. The van der Waals surface area contributed by atoms with E-state index in [1.54, 1.807) is 0 Å². The standard InChI is InChI=1S/C13H23N3O/c1-2-6-15-7-9-16(10-8-15)12(17)11-13(14)4-3-5-13/h2H,1,3-11,14H2. The molecule has 4 heteroatoms. The lowest BCUT2D eigenvalue weighted by molar-refractivity contribution is -0.134. The summed E-state index contributed by atoms with van der Waals surface area (Å²) in [6.07, 6.45) is 5.65. The molecule has 1 heterocycles. The summed E-state index contributed by atoms with van der Waals surface area (Å²) < 4.78 is 0. The monoisotopic (exact) mass is 237 g/mol. The molecule has 1 amide bonds. The molecular weight excluding hydrogens is 214 g/mol. The smallest absolute Gasteiger partial charge is 0.224 e. The predicted molar refractivity (Wildman–Crippen MR) is 68.6 cm³/mol. The number of amides is 1. The molecule has 1 aliphatic heterocycles. The van der Waals surface area contributed by atoms with Gasteiger partial charge in [-0.2, -0.15) is 0 Å². The summed E-state index contributed by atoms with van der Waals surface area (Å²) in [5.74, 6) is 0.241. The number of carbonyl (C=O) groups excluding carboxylic acids is 1. The first-order chi connectivity index (χ1) is 8.13. The van der Waals surface area contributed by atoms with Crippen LogP contribution in [-0.4, -0.2) is 54.0 Å². The normalized spacial score (nSPS) is 24.2. The molecule has 2 N–H and O–H groups in total. The van der Waals surface area contributed by atoms with Crippen molar-refractivity contribution >= 4 is 5.91 Å². The average molecular weight is 237 g/mol. The van der Waals surface area contributed by atoms with Crippen LogP contribution < -0.4 is 5.73 Å². The topological polar surface area (TPSA) is 49.6 Å². The van der Waals surface area contributed by atoms with E-state index in [9.17, 15) is 4.79 Å². The second-order valence-electron chi connectivity index (χ2n) is 5.36. The number of nitrogens with zero attached hydrogens (tertiary/aromatic N) is 2. The highest BCUT2D eigenvalue weighted by atomic mass is 16.2. The number of carbonyl (C=O) groups is 1. The van der Waals surface area contributed by atoms with Crippen molar-refractivity contribution in [3.05, 3.63) is 12.7 Å². The summed E-state index contributed by atoms with van der Waals surface area (Å²) in [7, 11) is 0. The third-order valence-electron chi connectivity index (χ3n) is 3.96. The minimum absolute atomic E-state index is 0.185. The van der Waals surface area contributed by atoms with E-state index < -0.39 is 0 Å².